The summed E-state index contributed by atoms with van der Waals surface area (Å²) in [5.41, 5.74) is 6.50. The Balaban J connectivity index is 1.55. The third kappa shape index (κ3) is 3.52. The molecule has 2 amide bonds. The minimum atomic E-state index is -0.388. The van der Waals surface area contributed by atoms with Gasteiger partial charge in [-0.2, -0.15) is 0 Å². The van der Waals surface area contributed by atoms with Crippen molar-refractivity contribution in [2.45, 2.75) is 6.42 Å². The van der Waals surface area contributed by atoms with Crippen LogP contribution in [0.25, 0.3) is 11.5 Å². The van der Waals surface area contributed by atoms with Crippen molar-refractivity contribution in [2.75, 3.05) is 0 Å². The number of amides is 2. The molecule has 2 N–H and O–H groups in total. The first-order chi connectivity index (χ1) is 11.6. The molecule has 0 fully saturated rings. The van der Waals surface area contributed by atoms with Crippen LogP contribution in [0.15, 0.2) is 59.3 Å². The van der Waals surface area contributed by atoms with Gasteiger partial charge in [-0.25, -0.2) is 4.98 Å². The fourth-order valence-electron chi connectivity index (χ4n) is 2.20. The molecule has 0 saturated carbocycles. The van der Waals surface area contributed by atoms with Crippen molar-refractivity contribution in [1.29, 1.82) is 0 Å². The summed E-state index contributed by atoms with van der Waals surface area (Å²) >= 11 is 0. The fraction of sp³-hybridized carbons (Fsp3) is 0.118. The van der Waals surface area contributed by atoms with Gasteiger partial charge in [-0.15, -0.1) is 0 Å². The van der Waals surface area contributed by atoms with Gasteiger partial charge in [0.05, 0.1) is 12.1 Å². The minimum Gasteiger partial charge on any atom is -0.444 e. The van der Waals surface area contributed by atoms with Crippen LogP contribution in [0.4, 0.5) is 0 Å². The van der Waals surface area contributed by atoms with Gasteiger partial charge in [0.2, 0.25) is 11.8 Å². The molecule has 3 aromatic rings. The Labute approximate surface area is 138 Å². The second-order valence-corrected chi connectivity index (χ2v) is 5.19. The van der Waals surface area contributed by atoms with E-state index in [4.69, 9.17) is 4.42 Å². The number of carbonyl (C=O) groups is 2. The van der Waals surface area contributed by atoms with Gasteiger partial charge in [-0.3, -0.25) is 20.4 Å². The smallest absolute Gasteiger partial charge is 0.286 e. The number of hydrogen-bond donors (Lipinski definition) is 2. The van der Waals surface area contributed by atoms with E-state index < -0.39 is 0 Å². The van der Waals surface area contributed by atoms with E-state index in [1.807, 2.05) is 30.3 Å². The summed E-state index contributed by atoms with van der Waals surface area (Å²) in [5.74, 6) is -0.322. The average Bonchev–Trinajstić information content (AvgIpc) is 3.22. The predicted octanol–water partition coefficient (Wildman–Crippen LogP) is 1.68. The lowest BCUT2D eigenvalue weighted by Gasteiger charge is -2.07. The van der Waals surface area contributed by atoms with Gasteiger partial charge in [0.25, 0.3) is 5.91 Å². The number of rotatable bonds is 4. The molecule has 2 aromatic heterocycles. The minimum absolute atomic E-state index is 0.00372. The molecule has 122 valence electrons. The van der Waals surface area contributed by atoms with Crippen LogP contribution in [0.5, 0.6) is 0 Å². The van der Waals surface area contributed by atoms with Crippen molar-refractivity contribution >= 4 is 11.8 Å². The summed E-state index contributed by atoms with van der Waals surface area (Å²) in [6.07, 6.45) is 3.18. The highest BCUT2D eigenvalue weighted by molar-refractivity contribution is 5.94. The van der Waals surface area contributed by atoms with Crippen molar-refractivity contribution in [2.24, 2.45) is 7.05 Å². The first-order valence-corrected chi connectivity index (χ1v) is 7.34. The Hall–Kier alpha value is -3.35. The number of nitrogens with zero attached hydrogens (tertiary/aromatic N) is 2. The first kappa shape index (κ1) is 15.5. The summed E-state index contributed by atoms with van der Waals surface area (Å²) in [6.45, 7) is 0. The largest absolute Gasteiger partial charge is 0.444 e. The van der Waals surface area contributed by atoms with E-state index >= 15 is 0 Å². The molecular formula is C17H16N4O3. The number of aromatic nitrogens is 2. The molecule has 24 heavy (non-hydrogen) atoms. The predicted molar refractivity (Wildman–Crippen MR) is 86.7 cm³/mol. The third-order valence-corrected chi connectivity index (χ3v) is 3.41. The summed E-state index contributed by atoms with van der Waals surface area (Å²) in [6, 6.07) is 12.8. The van der Waals surface area contributed by atoms with E-state index in [2.05, 4.69) is 15.8 Å². The molecule has 2 heterocycles. The zero-order valence-corrected chi connectivity index (χ0v) is 13.0. The van der Waals surface area contributed by atoms with Gasteiger partial charge in [0.15, 0.2) is 0 Å². The average molecular weight is 324 g/mol. The molecule has 0 aliphatic heterocycles. The van der Waals surface area contributed by atoms with Crippen LogP contribution in [0.3, 0.4) is 0 Å². The molecule has 1 aromatic carbocycles. The maximum absolute atomic E-state index is 11.9. The van der Waals surface area contributed by atoms with Gasteiger partial charge in [-0.1, -0.05) is 18.2 Å². The maximum Gasteiger partial charge on any atom is 0.286 e. The van der Waals surface area contributed by atoms with Crippen molar-refractivity contribution < 1.29 is 14.0 Å². The van der Waals surface area contributed by atoms with Gasteiger partial charge < -0.3 is 8.98 Å². The molecule has 0 spiro atoms. The number of aryl methyl sites for hydroxylation is 1. The Morgan fingerprint density at radius 1 is 1.12 bits per heavy atom. The monoisotopic (exact) mass is 324 g/mol. The molecule has 0 atom stereocenters. The van der Waals surface area contributed by atoms with Gasteiger partial charge in [0.1, 0.15) is 12.0 Å². The highest BCUT2D eigenvalue weighted by atomic mass is 16.3. The van der Waals surface area contributed by atoms with Crippen LogP contribution >= 0.6 is 0 Å². The molecule has 0 radical (unpaired) electrons. The molecule has 0 aliphatic carbocycles. The summed E-state index contributed by atoms with van der Waals surface area (Å²) in [5, 5.41) is 0. The Morgan fingerprint density at radius 3 is 2.62 bits per heavy atom. The standard InChI is InChI=1S/C17H16N4O3/c1-21-9-5-8-14(21)16(23)20-19-15(22)10-13-11-24-17(18-13)12-6-3-2-4-7-12/h2-9,11H,10H2,1H3,(H,19,22)(H,20,23). The second kappa shape index (κ2) is 6.82. The fourth-order valence-corrected chi connectivity index (χ4v) is 2.20. The van der Waals surface area contributed by atoms with Crippen LogP contribution < -0.4 is 10.9 Å². The quantitative estimate of drug-likeness (QED) is 0.715. The van der Waals surface area contributed by atoms with Crippen LogP contribution in [0.2, 0.25) is 0 Å². The number of carbonyl (C=O) groups excluding carboxylic acids is 2. The van der Waals surface area contributed by atoms with Crippen molar-refractivity contribution in [3.8, 4) is 11.5 Å². The number of oxazole rings is 1. The van der Waals surface area contributed by atoms with Crippen molar-refractivity contribution in [3.63, 3.8) is 0 Å². The second-order valence-electron chi connectivity index (χ2n) is 5.19. The van der Waals surface area contributed by atoms with Gasteiger partial charge in [0, 0.05) is 18.8 Å². The maximum atomic E-state index is 11.9. The molecule has 7 heteroatoms. The van der Waals surface area contributed by atoms with Gasteiger partial charge >= 0.3 is 0 Å². The summed E-state index contributed by atoms with van der Waals surface area (Å²) in [7, 11) is 1.75. The Morgan fingerprint density at radius 2 is 1.92 bits per heavy atom. The molecular weight excluding hydrogens is 308 g/mol. The van der Waals surface area contributed by atoms with Crippen LogP contribution in [0.1, 0.15) is 16.2 Å². The summed E-state index contributed by atoms with van der Waals surface area (Å²) < 4.78 is 7.03. The van der Waals surface area contributed by atoms with E-state index in [1.165, 1.54) is 6.26 Å². The molecule has 0 aliphatic rings. The van der Waals surface area contributed by atoms with Crippen LogP contribution in [0, 0.1) is 0 Å². The van der Waals surface area contributed by atoms with E-state index in [1.54, 1.807) is 29.9 Å². The number of hydrogen-bond acceptors (Lipinski definition) is 4. The number of hydrazine groups is 1. The summed E-state index contributed by atoms with van der Waals surface area (Å²) in [4.78, 5) is 28.1. The highest BCUT2D eigenvalue weighted by Gasteiger charge is 2.12. The van der Waals surface area contributed by atoms with Crippen molar-refractivity contribution in [1.82, 2.24) is 20.4 Å². The molecule has 0 saturated heterocycles. The number of nitrogens with one attached hydrogen (secondary N) is 2. The van der Waals surface area contributed by atoms with E-state index in [9.17, 15) is 9.59 Å². The SMILES string of the molecule is Cn1cccc1C(=O)NNC(=O)Cc1coc(-c2ccccc2)n1. The molecule has 7 nitrogen and oxygen atoms in total. The van der Waals surface area contributed by atoms with E-state index in [0.29, 0.717) is 17.3 Å². The normalized spacial score (nSPS) is 10.4. The van der Waals surface area contributed by atoms with Crippen LogP contribution in [-0.4, -0.2) is 21.4 Å². The lowest BCUT2D eigenvalue weighted by atomic mass is 10.2. The van der Waals surface area contributed by atoms with Crippen LogP contribution in [-0.2, 0) is 18.3 Å². The zero-order chi connectivity index (χ0) is 16.9. The third-order valence-electron chi connectivity index (χ3n) is 3.41. The first-order valence-electron chi connectivity index (χ1n) is 7.34. The zero-order valence-electron chi connectivity index (χ0n) is 13.0. The Bertz CT molecular complexity index is 852. The van der Waals surface area contributed by atoms with E-state index in [0.717, 1.165) is 5.56 Å². The van der Waals surface area contributed by atoms with E-state index in [-0.39, 0.29) is 18.2 Å². The Kier molecular flexibility index (Phi) is 4.42. The molecule has 0 unspecified atom stereocenters. The highest BCUT2D eigenvalue weighted by Crippen LogP contribution is 2.17. The number of benzene rings is 1. The lowest BCUT2D eigenvalue weighted by molar-refractivity contribution is -0.121. The molecule has 0 bridgehead atoms. The van der Waals surface area contributed by atoms with Crippen molar-refractivity contribution in [3.05, 3.63) is 66.3 Å². The molecule has 3 rings (SSSR count). The lowest BCUT2D eigenvalue weighted by Crippen LogP contribution is -2.43. The van der Waals surface area contributed by atoms with Gasteiger partial charge in [-0.05, 0) is 24.3 Å². The topological polar surface area (TPSA) is 89.2 Å².